The molecule has 31 heavy (non-hydrogen) atoms. The van der Waals surface area contributed by atoms with Gasteiger partial charge in [-0.05, 0) is 55.1 Å². The average molecular weight is 417 g/mol. The topological polar surface area (TPSA) is 39.4 Å². The summed E-state index contributed by atoms with van der Waals surface area (Å²) < 4.78 is 22.7. The van der Waals surface area contributed by atoms with Crippen LogP contribution in [0.1, 0.15) is 11.3 Å². The van der Waals surface area contributed by atoms with E-state index in [1.165, 1.54) is 29.4 Å². The van der Waals surface area contributed by atoms with E-state index in [1.807, 2.05) is 6.07 Å². The SMILES string of the molecule is CN1CCc2cc3cc(-n4ccc(OCc5ccc(F)cc5)cc4=O)ccc3n2CC1. The fourth-order valence-electron chi connectivity index (χ4n) is 4.14. The minimum absolute atomic E-state index is 0.154. The van der Waals surface area contributed by atoms with E-state index in [-0.39, 0.29) is 18.0 Å². The lowest BCUT2D eigenvalue weighted by Crippen LogP contribution is -2.21. The Hall–Kier alpha value is -3.38. The minimum atomic E-state index is -0.282. The molecule has 1 aliphatic rings. The molecule has 158 valence electrons. The van der Waals surface area contributed by atoms with E-state index in [0.29, 0.717) is 5.75 Å². The first-order valence-electron chi connectivity index (χ1n) is 10.5. The van der Waals surface area contributed by atoms with Crippen LogP contribution in [-0.2, 0) is 19.6 Å². The van der Waals surface area contributed by atoms with Crippen molar-refractivity contribution in [1.82, 2.24) is 14.0 Å². The van der Waals surface area contributed by atoms with Crippen LogP contribution in [0.25, 0.3) is 16.6 Å². The summed E-state index contributed by atoms with van der Waals surface area (Å²) in [6.07, 6.45) is 2.76. The first-order valence-corrected chi connectivity index (χ1v) is 10.5. The fourth-order valence-corrected chi connectivity index (χ4v) is 4.14. The Balaban J connectivity index is 1.38. The number of aromatic nitrogens is 2. The van der Waals surface area contributed by atoms with Gasteiger partial charge in [-0.2, -0.15) is 0 Å². The second-order valence-corrected chi connectivity index (χ2v) is 8.07. The van der Waals surface area contributed by atoms with Gasteiger partial charge in [-0.3, -0.25) is 9.36 Å². The van der Waals surface area contributed by atoms with Gasteiger partial charge in [0, 0.05) is 60.6 Å². The molecule has 0 unspecified atom stereocenters. The van der Waals surface area contributed by atoms with Gasteiger partial charge in [0.05, 0.1) is 0 Å². The Bertz CT molecular complexity index is 1290. The number of rotatable bonds is 4. The molecule has 0 atom stereocenters. The molecule has 0 aliphatic carbocycles. The van der Waals surface area contributed by atoms with E-state index < -0.39 is 0 Å². The lowest BCUT2D eigenvalue weighted by molar-refractivity contribution is 0.305. The Morgan fingerprint density at radius 1 is 0.968 bits per heavy atom. The van der Waals surface area contributed by atoms with E-state index in [0.717, 1.165) is 42.7 Å². The summed E-state index contributed by atoms with van der Waals surface area (Å²) in [5, 5.41) is 1.15. The van der Waals surface area contributed by atoms with Crippen molar-refractivity contribution in [3.8, 4) is 11.4 Å². The van der Waals surface area contributed by atoms with Crippen LogP contribution in [-0.4, -0.2) is 34.2 Å². The van der Waals surface area contributed by atoms with E-state index in [9.17, 15) is 9.18 Å². The predicted molar refractivity (Wildman–Crippen MR) is 119 cm³/mol. The van der Waals surface area contributed by atoms with Crippen LogP contribution >= 0.6 is 0 Å². The molecular formula is C25H24FN3O2. The standard InChI is InChI=1S/C25H24FN3O2/c1-27-10-8-22-15-19-14-21(6-7-24(19)28(22)13-12-27)29-11-9-23(16-25(29)30)31-17-18-2-4-20(26)5-3-18/h2-7,9,11,14-16H,8,10,12-13,17H2,1H3. The minimum Gasteiger partial charge on any atom is -0.489 e. The molecule has 0 fully saturated rings. The van der Waals surface area contributed by atoms with Crippen molar-refractivity contribution >= 4 is 10.9 Å². The van der Waals surface area contributed by atoms with Gasteiger partial charge in [0.1, 0.15) is 18.2 Å². The number of hydrogen-bond donors (Lipinski definition) is 0. The van der Waals surface area contributed by atoms with Gasteiger partial charge in [0.15, 0.2) is 0 Å². The quantitative estimate of drug-likeness (QED) is 0.504. The molecule has 1 aliphatic heterocycles. The van der Waals surface area contributed by atoms with Gasteiger partial charge in [-0.1, -0.05) is 12.1 Å². The summed E-state index contributed by atoms with van der Waals surface area (Å²) in [5.41, 5.74) is 4.07. The fraction of sp³-hybridized carbons (Fsp3) is 0.240. The number of benzene rings is 2. The van der Waals surface area contributed by atoms with Crippen LogP contribution in [0.3, 0.4) is 0 Å². The predicted octanol–water partition coefficient (Wildman–Crippen LogP) is 4.00. The van der Waals surface area contributed by atoms with Crippen molar-refractivity contribution < 1.29 is 9.13 Å². The molecule has 0 N–H and O–H groups in total. The molecule has 2 aromatic heterocycles. The Labute approximate surface area is 179 Å². The van der Waals surface area contributed by atoms with Gasteiger partial charge >= 0.3 is 0 Å². The molecule has 6 heteroatoms. The first kappa shape index (κ1) is 19.6. The lowest BCUT2D eigenvalue weighted by atomic mass is 10.2. The van der Waals surface area contributed by atoms with Crippen molar-refractivity contribution in [2.45, 2.75) is 19.6 Å². The molecule has 2 aromatic carbocycles. The maximum Gasteiger partial charge on any atom is 0.258 e. The van der Waals surface area contributed by atoms with E-state index in [2.05, 4.69) is 34.7 Å². The molecule has 5 rings (SSSR count). The molecule has 3 heterocycles. The van der Waals surface area contributed by atoms with Gasteiger partial charge < -0.3 is 14.2 Å². The molecule has 0 spiro atoms. The Morgan fingerprint density at radius 2 is 1.81 bits per heavy atom. The van der Waals surface area contributed by atoms with Crippen molar-refractivity contribution in [1.29, 1.82) is 0 Å². The third kappa shape index (κ3) is 3.99. The molecule has 0 amide bonds. The van der Waals surface area contributed by atoms with Gasteiger partial charge in [0.25, 0.3) is 5.56 Å². The van der Waals surface area contributed by atoms with Crippen molar-refractivity contribution in [3.05, 3.63) is 94.3 Å². The number of likely N-dealkylation sites (N-methyl/N-ethyl adjacent to an activating group) is 1. The maximum absolute atomic E-state index is 13.0. The number of hydrogen-bond acceptors (Lipinski definition) is 3. The van der Waals surface area contributed by atoms with Crippen LogP contribution in [0.4, 0.5) is 4.39 Å². The van der Waals surface area contributed by atoms with Crippen LogP contribution in [0.15, 0.2) is 71.7 Å². The highest BCUT2D eigenvalue weighted by Gasteiger charge is 2.15. The average Bonchev–Trinajstić information content (AvgIpc) is 3.02. The summed E-state index contributed by atoms with van der Waals surface area (Å²) in [5.74, 6) is 0.210. The molecule has 4 aromatic rings. The van der Waals surface area contributed by atoms with Crippen molar-refractivity contribution in [3.63, 3.8) is 0 Å². The molecule has 5 nitrogen and oxygen atoms in total. The smallest absolute Gasteiger partial charge is 0.258 e. The molecule has 0 saturated heterocycles. The van der Waals surface area contributed by atoms with E-state index >= 15 is 0 Å². The molecule has 0 saturated carbocycles. The zero-order chi connectivity index (χ0) is 21.4. The lowest BCUT2D eigenvalue weighted by Gasteiger charge is -2.12. The van der Waals surface area contributed by atoms with Crippen LogP contribution in [0, 0.1) is 5.82 Å². The largest absolute Gasteiger partial charge is 0.489 e. The third-order valence-electron chi connectivity index (χ3n) is 5.91. The number of nitrogens with zero attached hydrogens (tertiary/aromatic N) is 3. The Morgan fingerprint density at radius 3 is 2.61 bits per heavy atom. The molecular weight excluding hydrogens is 393 g/mol. The van der Waals surface area contributed by atoms with Crippen molar-refractivity contribution in [2.75, 3.05) is 20.1 Å². The second kappa shape index (κ2) is 8.04. The van der Waals surface area contributed by atoms with Crippen LogP contribution in [0.2, 0.25) is 0 Å². The number of ether oxygens (including phenoxy) is 1. The number of pyridine rings is 1. The summed E-state index contributed by atoms with van der Waals surface area (Å²) in [6, 6.07) is 17.8. The zero-order valence-electron chi connectivity index (χ0n) is 17.4. The molecule has 0 radical (unpaired) electrons. The molecule has 0 bridgehead atoms. The highest BCUT2D eigenvalue weighted by Crippen LogP contribution is 2.25. The van der Waals surface area contributed by atoms with E-state index in [1.54, 1.807) is 29.0 Å². The normalized spacial score (nSPS) is 14.4. The Kier molecular flexibility index (Phi) is 5.08. The van der Waals surface area contributed by atoms with E-state index in [4.69, 9.17) is 4.74 Å². The zero-order valence-corrected chi connectivity index (χ0v) is 17.4. The summed E-state index contributed by atoms with van der Waals surface area (Å²) in [4.78, 5) is 15.1. The van der Waals surface area contributed by atoms with Gasteiger partial charge in [-0.25, -0.2) is 4.39 Å². The van der Waals surface area contributed by atoms with Crippen LogP contribution < -0.4 is 10.3 Å². The number of fused-ring (bicyclic) bond motifs is 3. The number of halogens is 1. The maximum atomic E-state index is 13.0. The highest BCUT2D eigenvalue weighted by molar-refractivity contribution is 5.83. The second-order valence-electron chi connectivity index (χ2n) is 8.07. The summed E-state index contributed by atoms with van der Waals surface area (Å²) in [6.45, 7) is 3.36. The van der Waals surface area contributed by atoms with Gasteiger partial charge in [0.2, 0.25) is 0 Å². The first-order chi connectivity index (χ1) is 15.1. The highest BCUT2D eigenvalue weighted by atomic mass is 19.1. The third-order valence-corrected chi connectivity index (χ3v) is 5.91. The monoisotopic (exact) mass is 417 g/mol. The summed E-state index contributed by atoms with van der Waals surface area (Å²) in [7, 11) is 2.16. The van der Waals surface area contributed by atoms with Gasteiger partial charge in [-0.15, -0.1) is 0 Å². The summed E-state index contributed by atoms with van der Waals surface area (Å²) >= 11 is 0. The van der Waals surface area contributed by atoms with Crippen molar-refractivity contribution in [2.24, 2.45) is 0 Å². The van der Waals surface area contributed by atoms with Crippen LogP contribution in [0.5, 0.6) is 5.75 Å².